The molecule has 0 radical (unpaired) electrons. The van der Waals surface area contributed by atoms with Crippen LogP contribution in [-0.4, -0.2) is 34.2 Å². The molecule has 1 atom stereocenters. The monoisotopic (exact) mass is 432 g/mol. The van der Waals surface area contributed by atoms with Crippen molar-refractivity contribution in [1.82, 2.24) is 5.32 Å². The quantitative estimate of drug-likeness (QED) is 0.649. The molecule has 0 aliphatic heterocycles. The van der Waals surface area contributed by atoms with Gasteiger partial charge in [-0.05, 0) is 80.6 Å². The number of nitrogens with one attached hydrogen (secondary N) is 1. The second-order valence-corrected chi connectivity index (χ2v) is 9.63. The van der Waals surface area contributed by atoms with Crippen LogP contribution in [0.3, 0.4) is 0 Å². The lowest BCUT2D eigenvalue weighted by Crippen LogP contribution is -2.32. The molecule has 0 aromatic heterocycles. The van der Waals surface area contributed by atoms with E-state index in [1.54, 1.807) is 31.4 Å². The molecule has 7 heteroatoms. The first-order valence-corrected chi connectivity index (χ1v) is 11.9. The van der Waals surface area contributed by atoms with Crippen LogP contribution in [-0.2, 0) is 14.8 Å². The predicted octanol–water partition coefficient (Wildman–Crippen LogP) is 4.04. The minimum absolute atomic E-state index is 0.0942. The summed E-state index contributed by atoms with van der Waals surface area (Å²) in [4.78, 5) is 12.4. The third-order valence-electron chi connectivity index (χ3n) is 5.25. The molecule has 2 aromatic carbocycles. The van der Waals surface area contributed by atoms with E-state index in [9.17, 15) is 13.2 Å². The number of nitrogens with zero attached hydrogens (tertiary/aromatic N) is 1. The second kappa shape index (κ2) is 9.98. The van der Waals surface area contributed by atoms with E-state index in [0.29, 0.717) is 17.9 Å². The smallest absolute Gasteiger partial charge is 0.232 e. The van der Waals surface area contributed by atoms with Crippen molar-refractivity contribution in [3.63, 3.8) is 0 Å². The van der Waals surface area contributed by atoms with Crippen LogP contribution < -0.4 is 14.4 Å². The second-order valence-electron chi connectivity index (χ2n) is 7.72. The molecule has 1 unspecified atom stereocenters. The van der Waals surface area contributed by atoms with E-state index in [0.717, 1.165) is 11.1 Å². The number of sulfonamides is 1. The van der Waals surface area contributed by atoms with Crippen LogP contribution in [0.2, 0.25) is 0 Å². The first-order valence-electron chi connectivity index (χ1n) is 10.0. The lowest BCUT2D eigenvalue weighted by Gasteiger charge is -2.23. The maximum atomic E-state index is 12.4. The summed E-state index contributed by atoms with van der Waals surface area (Å²) in [7, 11) is -1.90. The van der Waals surface area contributed by atoms with E-state index in [4.69, 9.17) is 4.74 Å². The Hall–Kier alpha value is -2.54. The van der Waals surface area contributed by atoms with E-state index >= 15 is 0 Å². The van der Waals surface area contributed by atoms with E-state index in [2.05, 4.69) is 31.3 Å². The van der Waals surface area contributed by atoms with Crippen LogP contribution in [0.15, 0.2) is 36.4 Å². The lowest BCUT2D eigenvalue weighted by molar-refractivity contribution is -0.121. The molecule has 0 spiro atoms. The molecule has 2 rings (SSSR count). The molecule has 0 heterocycles. The molecule has 0 aliphatic rings. The van der Waals surface area contributed by atoms with Gasteiger partial charge in [-0.1, -0.05) is 12.1 Å². The van der Waals surface area contributed by atoms with Crippen molar-refractivity contribution in [2.24, 2.45) is 0 Å². The fourth-order valence-corrected chi connectivity index (χ4v) is 4.42. The summed E-state index contributed by atoms with van der Waals surface area (Å²) in [5, 5.41) is 3.03. The maximum Gasteiger partial charge on any atom is 0.232 e. The van der Waals surface area contributed by atoms with Crippen molar-refractivity contribution in [2.75, 3.05) is 24.2 Å². The summed E-state index contributed by atoms with van der Waals surface area (Å²) in [6, 6.07) is 11.0. The van der Waals surface area contributed by atoms with Crippen molar-refractivity contribution in [3.05, 3.63) is 58.7 Å². The number of carbonyl (C=O) groups is 1. The number of hydrogen-bond acceptors (Lipinski definition) is 4. The summed E-state index contributed by atoms with van der Waals surface area (Å²) in [5.74, 6) is 0.561. The van der Waals surface area contributed by atoms with Gasteiger partial charge in [-0.15, -0.1) is 0 Å². The van der Waals surface area contributed by atoms with Crippen molar-refractivity contribution in [2.45, 2.75) is 46.6 Å². The number of hydrogen-bond donors (Lipinski definition) is 1. The Bertz CT molecular complexity index is 985. The van der Waals surface area contributed by atoms with E-state index in [1.807, 2.05) is 13.8 Å². The molecule has 164 valence electrons. The normalized spacial score (nSPS) is 12.3. The molecular weight excluding hydrogens is 400 g/mol. The highest BCUT2D eigenvalue weighted by atomic mass is 32.2. The van der Waals surface area contributed by atoms with Gasteiger partial charge in [-0.3, -0.25) is 9.10 Å². The van der Waals surface area contributed by atoms with Crippen molar-refractivity contribution in [1.29, 1.82) is 0 Å². The molecule has 2 aromatic rings. The molecule has 6 nitrogen and oxygen atoms in total. The number of anilines is 1. The molecule has 1 amide bonds. The number of ether oxygens (including phenoxy) is 1. The van der Waals surface area contributed by atoms with E-state index in [-0.39, 0.29) is 24.9 Å². The van der Waals surface area contributed by atoms with Crippen LogP contribution in [0.25, 0.3) is 0 Å². The summed E-state index contributed by atoms with van der Waals surface area (Å²) < 4.78 is 30.9. The van der Waals surface area contributed by atoms with Gasteiger partial charge in [-0.25, -0.2) is 8.42 Å². The minimum atomic E-state index is -3.46. The topological polar surface area (TPSA) is 75.7 Å². The molecule has 0 bridgehead atoms. The van der Waals surface area contributed by atoms with Crippen molar-refractivity contribution >= 4 is 21.6 Å². The maximum absolute atomic E-state index is 12.4. The fraction of sp³-hybridized carbons (Fsp3) is 0.435. The molecule has 30 heavy (non-hydrogen) atoms. The molecule has 0 saturated carbocycles. The average molecular weight is 433 g/mol. The van der Waals surface area contributed by atoms with Gasteiger partial charge in [-0.2, -0.15) is 0 Å². The Morgan fingerprint density at radius 1 is 1.07 bits per heavy atom. The highest BCUT2D eigenvalue weighted by Gasteiger charge is 2.18. The Kier molecular flexibility index (Phi) is 7.89. The van der Waals surface area contributed by atoms with Gasteiger partial charge in [0.25, 0.3) is 0 Å². The Balaban J connectivity index is 1.98. The third kappa shape index (κ3) is 6.23. The lowest BCUT2D eigenvalue weighted by atomic mass is 9.96. The molecule has 0 fully saturated rings. The first-order chi connectivity index (χ1) is 14.0. The van der Waals surface area contributed by atoms with Gasteiger partial charge in [0.2, 0.25) is 15.9 Å². The number of methoxy groups -OCH3 is 1. The SMILES string of the molecule is COc1ccc(N(CCCC(=O)NC(C)c2cc(C)c(C)cc2C)S(C)(=O)=O)cc1. The first kappa shape index (κ1) is 23.7. The fourth-order valence-electron chi connectivity index (χ4n) is 3.46. The Morgan fingerprint density at radius 2 is 1.67 bits per heavy atom. The van der Waals surface area contributed by atoms with Gasteiger partial charge >= 0.3 is 0 Å². The highest BCUT2D eigenvalue weighted by Crippen LogP contribution is 2.23. The number of rotatable bonds is 9. The van der Waals surface area contributed by atoms with Crippen LogP contribution in [0.5, 0.6) is 5.75 Å². The highest BCUT2D eigenvalue weighted by molar-refractivity contribution is 7.92. The summed E-state index contributed by atoms with van der Waals surface area (Å²) in [5.41, 5.74) is 5.23. The zero-order valence-electron chi connectivity index (χ0n) is 18.7. The van der Waals surface area contributed by atoms with Crippen LogP contribution >= 0.6 is 0 Å². The van der Waals surface area contributed by atoms with Gasteiger partial charge < -0.3 is 10.1 Å². The summed E-state index contributed by atoms with van der Waals surface area (Å²) >= 11 is 0. The van der Waals surface area contributed by atoms with Crippen molar-refractivity contribution in [3.8, 4) is 5.75 Å². The van der Waals surface area contributed by atoms with Crippen LogP contribution in [0.1, 0.15) is 48.1 Å². The largest absolute Gasteiger partial charge is 0.497 e. The zero-order valence-corrected chi connectivity index (χ0v) is 19.5. The average Bonchev–Trinajstić information content (AvgIpc) is 2.67. The number of carbonyl (C=O) groups excluding carboxylic acids is 1. The number of aryl methyl sites for hydroxylation is 3. The van der Waals surface area contributed by atoms with Crippen LogP contribution in [0, 0.1) is 20.8 Å². The van der Waals surface area contributed by atoms with E-state index in [1.165, 1.54) is 21.7 Å². The summed E-state index contributed by atoms with van der Waals surface area (Å²) in [6.45, 7) is 8.38. The number of amides is 1. The van der Waals surface area contributed by atoms with Crippen LogP contribution in [0.4, 0.5) is 5.69 Å². The van der Waals surface area contributed by atoms with Gasteiger partial charge in [0, 0.05) is 13.0 Å². The molecule has 0 aliphatic carbocycles. The molecule has 1 N–H and O–H groups in total. The molecular formula is C23H32N2O4S. The van der Waals surface area contributed by atoms with E-state index < -0.39 is 10.0 Å². The minimum Gasteiger partial charge on any atom is -0.497 e. The van der Waals surface area contributed by atoms with Crippen molar-refractivity contribution < 1.29 is 17.9 Å². The van der Waals surface area contributed by atoms with Gasteiger partial charge in [0.1, 0.15) is 5.75 Å². The molecule has 0 saturated heterocycles. The Morgan fingerprint density at radius 3 is 2.23 bits per heavy atom. The number of benzene rings is 2. The third-order valence-corrected chi connectivity index (χ3v) is 6.45. The zero-order chi connectivity index (χ0) is 22.5. The Labute approximate surface area is 180 Å². The summed E-state index contributed by atoms with van der Waals surface area (Å²) in [6.07, 6.45) is 1.84. The van der Waals surface area contributed by atoms with Gasteiger partial charge in [0.05, 0.1) is 25.1 Å². The standard InChI is InChI=1S/C23H32N2O4S/c1-16-14-18(3)22(15-17(16)2)19(4)24-23(26)8-7-13-25(30(6,27)28)20-9-11-21(29-5)12-10-20/h9-12,14-15,19H,7-8,13H2,1-6H3,(H,24,26). The van der Waals surface area contributed by atoms with Gasteiger partial charge in [0.15, 0.2) is 0 Å². The predicted molar refractivity (Wildman–Crippen MR) is 122 cm³/mol.